The Hall–Kier alpha value is -2.04. The van der Waals surface area contributed by atoms with Gasteiger partial charge in [0.25, 0.3) is 10.1 Å². The highest BCUT2D eigenvalue weighted by Crippen LogP contribution is 2.36. The summed E-state index contributed by atoms with van der Waals surface area (Å²) in [6, 6.07) is 12.1. The Bertz CT molecular complexity index is 1200. The van der Waals surface area contributed by atoms with Crippen LogP contribution in [0.15, 0.2) is 53.6 Å². The monoisotopic (exact) mass is 437 g/mol. The van der Waals surface area contributed by atoms with Gasteiger partial charge in [0.1, 0.15) is 5.01 Å². The lowest BCUT2D eigenvalue weighted by Crippen LogP contribution is -2.03. The van der Waals surface area contributed by atoms with Gasteiger partial charge in [-0.2, -0.15) is 8.42 Å². The van der Waals surface area contributed by atoms with E-state index in [1.165, 1.54) is 34.8 Å². The van der Waals surface area contributed by atoms with Crippen molar-refractivity contribution >= 4 is 60.3 Å². The molecule has 0 aliphatic heterocycles. The molecule has 4 rings (SSSR count). The van der Waals surface area contributed by atoms with Crippen LogP contribution in [0.25, 0.3) is 20.8 Å². The first-order chi connectivity index (χ1) is 12.9. The molecule has 4 aromatic rings. The number of nitrogens with zero attached hydrogens (tertiary/aromatic N) is 2. The lowest BCUT2D eigenvalue weighted by atomic mass is 10.2. The summed E-state index contributed by atoms with van der Waals surface area (Å²) in [5, 5.41) is 3.93. The van der Waals surface area contributed by atoms with Crippen molar-refractivity contribution in [2.45, 2.75) is 11.4 Å². The predicted molar refractivity (Wildman–Crippen MR) is 109 cm³/mol. The molecule has 0 unspecified atom stereocenters. The maximum atomic E-state index is 11.6. The first kappa shape index (κ1) is 18.3. The van der Waals surface area contributed by atoms with Crippen LogP contribution in [0.1, 0.15) is 4.88 Å². The number of benzene rings is 2. The summed E-state index contributed by atoms with van der Waals surface area (Å²) >= 11 is 8.68. The van der Waals surface area contributed by atoms with Gasteiger partial charge in [0.15, 0.2) is 4.47 Å². The third-order valence-electron chi connectivity index (χ3n) is 3.79. The third kappa shape index (κ3) is 3.97. The molecule has 0 saturated heterocycles. The number of rotatable bonds is 5. The van der Waals surface area contributed by atoms with E-state index in [0.717, 1.165) is 15.1 Å². The van der Waals surface area contributed by atoms with E-state index in [4.69, 9.17) is 11.6 Å². The average molecular weight is 438 g/mol. The molecule has 2 heterocycles. The van der Waals surface area contributed by atoms with Crippen LogP contribution in [0.3, 0.4) is 0 Å². The molecule has 2 N–H and O–H groups in total. The molecule has 0 aliphatic rings. The summed E-state index contributed by atoms with van der Waals surface area (Å²) in [6.07, 6.45) is 1.68. The second-order valence-electron chi connectivity index (χ2n) is 5.60. The van der Waals surface area contributed by atoms with Gasteiger partial charge in [0.05, 0.1) is 21.7 Å². The number of para-hydroxylation sites is 1. The summed E-state index contributed by atoms with van der Waals surface area (Å²) in [7, 11) is -4.32. The molecule has 138 valence electrons. The van der Waals surface area contributed by atoms with Crippen molar-refractivity contribution in [2.75, 3.05) is 5.32 Å². The van der Waals surface area contributed by atoms with Gasteiger partial charge in [0.2, 0.25) is 0 Å². The van der Waals surface area contributed by atoms with Crippen molar-refractivity contribution in [3.8, 4) is 10.6 Å². The Balaban J connectivity index is 1.77. The molecule has 6 nitrogen and oxygen atoms in total. The van der Waals surface area contributed by atoms with Crippen LogP contribution in [0.5, 0.6) is 0 Å². The Labute approximate surface area is 168 Å². The maximum Gasteiger partial charge on any atom is 0.294 e. The zero-order chi connectivity index (χ0) is 19.0. The quantitative estimate of drug-likeness (QED) is 0.430. The molecule has 2 aromatic heterocycles. The molecule has 0 aliphatic carbocycles. The number of hydrogen-bond donors (Lipinski definition) is 2. The number of aromatic nitrogens is 2. The minimum absolute atomic E-state index is 0.178. The standard InChI is InChI=1S/C17H12ClN3O3S3/c18-17-20-9-10(25-17)8-19-13-6-5-11(27(22,23)24)7-12(13)16-21-14-3-1-2-4-15(14)26-16/h1-7,9,19H,8H2,(H,22,23,24). The van der Waals surface area contributed by atoms with E-state index < -0.39 is 10.1 Å². The minimum atomic E-state index is -4.32. The fourth-order valence-electron chi connectivity index (χ4n) is 2.55. The summed E-state index contributed by atoms with van der Waals surface area (Å²) < 4.78 is 34.0. The molecular weight excluding hydrogens is 426 g/mol. The maximum absolute atomic E-state index is 11.6. The Kier molecular flexibility index (Phi) is 4.87. The lowest BCUT2D eigenvalue weighted by Gasteiger charge is -2.11. The average Bonchev–Trinajstić information content (AvgIpc) is 3.24. The molecule has 0 fully saturated rings. The van der Waals surface area contributed by atoms with Crippen molar-refractivity contribution < 1.29 is 13.0 Å². The van der Waals surface area contributed by atoms with Crippen molar-refractivity contribution in [1.82, 2.24) is 9.97 Å². The number of anilines is 1. The van der Waals surface area contributed by atoms with Gasteiger partial charge < -0.3 is 5.32 Å². The van der Waals surface area contributed by atoms with Gasteiger partial charge in [-0.15, -0.1) is 22.7 Å². The van der Waals surface area contributed by atoms with Crippen LogP contribution >= 0.6 is 34.3 Å². The van der Waals surface area contributed by atoms with E-state index in [1.54, 1.807) is 12.3 Å². The van der Waals surface area contributed by atoms with E-state index in [1.807, 2.05) is 24.3 Å². The van der Waals surface area contributed by atoms with Crippen LogP contribution in [0.4, 0.5) is 5.69 Å². The fourth-order valence-corrected chi connectivity index (χ4v) is 4.97. The largest absolute Gasteiger partial charge is 0.380 e. The molecule has 0 amide bonds. The molecule has 0 radical (unpaired) electrons. The van der Waals surface area contributed by atoms with Crippen molar-refractivity contribution in [2.24, 2.45) is 0 Å². The van der Waals surface area contributed by atoms with Crippen molar-refractivity contribution in [1.29, 1.82) is 0 Å². The molecule has 27 heavy (non-hydrogen) atoms. The van der Waals surface area contributed by atoms with Crippen LogP contribution < -0.4 is 5.32 Å². The zero-order valence-corrected chi connectivity index (χ0v) is 16.8. The molecule has 0 spiro atoms. The highest BCUT2D eigenvalue weighted by Gasteiger charge is 2.17. The van der Waals surface area contributed by atoms with Crippen LogP contribution in [0.2, 0.25) is 4.47 Å². The van der Waals surface area contributed by atoms with Crippen molar-refractivity contribution in [3.05, 3.63) is 58.0 Å². The SMILES string of the molecule is O=S(=O)(O)c1ccc(NCc2cnc(Cl)s2)c(-c2nc3ccccc3s2)c1. The summed E-state index contributed by atoms with van der Waals surface area (Å²) in [4.78, 5) is 9.36. The summed E-state index contributed by atoms with van der Waals surface area (Å²) in [6.45, 7) is 0.480. The minimum Gasteiger partial charge on any atom is -0.380 e. The number of halogens is 1. The third-order valence-corrected chi connectivity index (χ3v) is 6.83. The molecule has 2 aromatic carbocycles. The smallest absolute Gasteiger partial charge is 0.294 e. The van der Waals surface area contributed by atoms with E-state index in [-0.39, 0.29) is 4.90 Å². The van der Waals surface area contributed by atoms with Gasteiger partial charge in [-0.3, -0.25) is 4.55 Å². The summed E-state index contributed by atoms with van der Waals surface area (Å²) in [5.74, 6) is 0. The van der Waals surface area contributed by atoms with Gasteiger partial charge in [-0.05, 0) is 30.3 Å². The van der Waals surface area contributed by atoms with E-state index >= 15 is 0 Å². The first-order valence-corrected chi connectivity index (χ1v) is 11.2. The normalized spacial score (nSPS) is 11.8. The van der Waals surface area contributed by atoms with E-state index in [9.17, 15) is 13.0 Å². The number of fused-ring (bicyclic) bond motifs is 1. The molecular formula is C17H12ClN3O3S3. The number of thiazole rings is 2. The summed E-state index contributed by atoms with van der Waals surface area (Å²) in [5.41, 5.74) is 2.13. The topological polar surface area (TPSA) is 92.2 Å². The fraction of sp³-hybridized carbons (Fsp3) is 0.0588. The highest BCUT2D eigenvalue weighted by atomic mass is 35.5. The van der Waals surface area contributed by atoms with E-state index in [0.29, 0.717) is 27.3 Å². The molecule has 0 atom stereocenters. The van der Waals surface area contributed by atoms with Crippen molar-refractivity contribution in [3.63, 3.8) is 0 Å². The van der Waals surface area contributed by atoms with Gasteiger partial charge in [0, 0.05) is 22.3 Å². The second-order valence-corrected chi connectivity index (χ2v) is 9.75. The highest BCUT2D eigenvalue weighted by molar-refractivity contribution is 7.85. The van der Waals surface area contributed by atoms with Gasteiger partial charge in [-0.25, -0.2) is 9.97 Å². The van der Waals surface area contributed by atoms with Crippen LogP contribution in [-0.2, 0) is 16.7 Å². The molecule has 10 heteroatoms. The predicted octanol–water partition coefficient (Wildman–Crippen LogP) is 4.93. The molecule has 0 saturated carbocycles. The number of hydrogen-bond acceptors (Lipinski definition) is 7. The Morgan fingerprint density at radius 3 is 2.67 bits per heavy atom. The van der Waals surface area contributed by atoms with Gasteiger partial charge in [-0.1, -0.05) is 23.7 Å². The van der Waals surface area contributed by atoms with Gasteiger partial charge >= 0.3 is 0 Å². The molecule has 0 bridgehead atoms. The second kappa shape index (κ2) is 7.17. The first-order valence-electron chi connectivity index (χ1n) is 7.72. The number of nitrogens with one attached hydrogen (secondary N) is 1. The van der Waals surface area contributed by atoms with E-state index in [2.05, 4.69) is 15.3 Å². The Morgan fingerprint density at radius 1 is 1.15 bits per heavy atom. The zero-order valence-electron chi connectivity index (χ0n) is 13.6. The lowest BCUT2D eigenvalue weighted by molar-refractivity contribution is 0.483. The Morgan fingerprint density at radius 2 is 1.96 bits per heavy atom. The van der Waals surface area contributed by atoms with Crippen LogP contribution in [-0.4, -0.2) is 22.9 Å². The van der Waals surface area contributed by atoms with Crippen LogP contribution in [0, 0.1) is 0 Å².